The van der Waals surface area contributed by atoms with Gasteiger partial charge in [-0.3, -0.25) is 9.59 Å². The number of carbonyl (C=O) groups excluding carboxylic acids is 2. The number of esters is 1. The van der Waals surface area contributed by atoms with Crippen LogP contribution in [-0.2, 0) is 28.5 Å². The SMILES string of the molecule is CNC(=O)[C@H]1[C@@H]2CC(O[C@@H]3OC[C@@H](O)[C@H](N)[C@@H]3O)/C=C/C=C/C=C/C=C/C=C/C=C/C=C/[C@H](C)[C@@H](O)C[C@H](C)OC(=O)CC(O)CC(O)CCC(O)C(O)CC(O)CC(O)(C[C@@H]1O)O2. The zero-order valence-corrected chi connectivity index (χ0v) is 36.9. The number of hydrogen-bond acceptors (Lipinski definition) is 17. The minimum atomic E-state index is -2.24. The van der Waals surface area contributed by atoms with Gasteiger partial charge in [0.2, 0.25) is 5.91 Å². The van der Waals surface area contributed by atoms with Crippen LogP contribution in [0, 0.1) is 11.8 Å². The van der Waals surface area contributed by atoms with E-state index in [9.17, 15) is 60.7 Å². The van der Waals surface area contributed by atoms with Gasteiger partial charge in [-0.25, -0.2) is 0 Å². The molecule has 18 heteroatoms. The zero-order valence-electron chi connectivity index (χ0n) is 36.9. The van der Waals surface area contributed by atoms with Crippen molar-refractivity contribution in [2.75, 3.05) is 13.7 Å². The summed E-state index contributed by atoms with van der Waals surface area (Å²) >= 11 is 0. The summed E-state index contributed by atoms with van der Waals surface area (Å²) in [5.41, 5.74) is 5.97. The van der Waals surface area contributed by atoms with Gasteiger partial charge >= 0.3 is 5.97 Å². The van der Waals surface area contributed by atoms with E-state index >= 15 is 0 Å². The molecule has 3 aliphatic heterocycles. The molecule has 7 unspecified atom stereocenters. The van der Waals surface area contributed by atoms with Gasteiger partial charge in [-0.05, 0) is 26.2 Å². The van der Waals surface area contributed by atoms with E-state index in [0.717, 1.165) is 0 Å². The number of rotatable bonds is 3. The highest BCUT2D eigenvalue weighted by Crippen LogP contribution is 2.38. The normalized spacial score (nSPS) is 43.6. The number of cyclic esters (lactones) is 1. The van der Waals surface area contributed by atoms with Crippen molar-refractivity contribution in [3.05, 3.63) is 85.1 Å². The van der Waals surface area contributed by atoms with Crippen molar-refractivity contribution in [2.45, 2.75) is 163 Å². The molecule has 0 spiro atoms. The van der Waals surface area contributed by atoms with Crippen LogP contribution in [-0.4, -0.2) is 168 Å². The van der Waals surface area contributed by atoms with E-state index in [4.69, 9.17) is 24.7 Å². The maximum Gasteiger partial charge on any atom is 0.308 e. The fourth-order valence-electron chi connectivity index (χ4n) is 7.68. The molecule has 362 valence electrons. The Bertz CT molecular complexity index is 1620. The number of amides is 1. The number of fused-ring (bicyclic) bond motifs is 2. The van der Waals surface area contributed by atoms with Crippen molar-refractivity contribution in [2.24, 2.45) is 17.6 Å². The number of nitrogens with two attached hydrogens (primary N) is 1. The predicted octanol–water partition coefficient (Wildman–Crippen LogP) is -0.261. The van der Waals surface area contributed by atoms with Gasteiger partial charge in [-0.1, -0.05) is 92.0 Å². The minimum absolute atomic E-state index is 0.0849. The quantitative estimate of drug-likeness (QED) is 0.162. The first-order chi connectivity index (χ1) is 30.3. The standard InChI is InChI=1S/C46H72N2O16/c1-28-16-14-12-10-8-6-4-5-7-9-11-13-15-17-33(63-45-43(58)42(47)38(56)27-61-45)24-39-41(44(59)48-3)37(55)26-46(60,64-39)25-32(51)22-36(54)34(52)19-18-30(49)21-31(50)23-40(57)62-29(2)20-35(28)53/h4-17,28-39,41-43,45,49-56,58,60H,18-27,47H2,1-3H3,(H,48,59)/b5-4+,8-6+,9-7+,12-10+,13-11+,16-14+,17-15+/t28-,29-,30?,31?,32?,33?,34?,35-,36?,37-,38+,39-,41+,42-,43-,45-,46?/m0/s1. The van der Waals surface area contributed by atoms with Crippen LogP contribution in [0.5, 0.6) is 0 Å². The van der Waals surface area contributed by atoms with Gasteiger partial charge in [0, 0.05) is 45.1 Å². The largest absolute Gasteiger partial charge is 0.462 e. The first-order valence-corrected chi connectivity index (χ1v) is 22.0. The van der Waals surface area contributed by atoms with Crippen LogP contribution >= 0.6 is 0 Å². The van der Waals surface area contributed by atoms with Crippen LogP contribution in [0.15, 0.2) is 85.1 Å². The third-order valence-corrected chi connectivity index (χ3v) is 11.3. The Morgan fingerprint density at radius 2 is 1.30 bits per heavy atom. The van der Waals surface area contributed by atoms with Crippen LogP contribution in [0.2, 0.25) is 0 Å². The van der Waals surface area contributed by atoms with E-state index in [1.165, 1.54) is 7.05 Å². The lowest BCUT2D eigenvalue weighted by Gasteiger charge is -2.45. The number of hydrogen-bond donors (Lipinski definition) is 12. The summed E-state index contributed by atoms with van der Waals surface area (Å²) in [6.07, 6.45) is 6.14. The highest BCUT2D eigenvalue weighted by Gasteiger charge is 2.50. The predicted molar refractivity (Wildman–Crippen MR) is 234 cm³/mol. The summed E-state index contributed by atoms with van der Waals surface area (Å²) in [6.45, 7) is 3.22. The van der Waals surface area contributed by atoms with E-state index in [1.54, 1.807) is 61.6 Å². The highest BCUT2D eigenvalue weighted by atomic mass is 16.7. The number of aliphatic hydroxyl groups excluding tert-OH is 9. The molecule has 2 saturated heterocycles. The number of aliphatic hydroxyl groups is 10. The van der Waals surface area contributed by atoms with Crippen molar-refractivity contribution < 1.29 is 79.6 Å². The van der Waals surface area contributed by atoms with Crippen LogP contribution in [0.1, 0.15) is 71.6 Å². The number of ether oxygens (including phenoxy) is 4. The molecule has 3 heterocycles. The minimum Gasteiger partial charge on any atom is -0.462 e. The van der Waals surface area contributed by atoms with Gasteiger partial charge in [-0.15, -0.1) is 0 Å². The molecule has 3 aliphatic rings. The molecular weight excluding hydrogens is 837 g/mol. The fraction of sp³-hybridized carbons (Fsp3) is 0.652. The van der Waals surface area contributed by atoms with Gasteiger partial charge in [-0.2, -0.15) is 0 Å². The summed E-state index contributed by atoms with van der Waals surface area (Å²) < 4.78 is 23.1. The molecule has 3 rings (SSSR count). The lowest BCUT2D eigenvalue weighted by Crippen LogP contribution is -2.59. The molecule has 0 aliphatic carbocycles. The second kappa shape index (κ2) is 27.9. The highest BCUT2D eigenvalue weighted by molar-refractivity contribution is 5.79. The van der Waals surface area contributed by atoms with Gasteiger partial charge in [0.05, 0.1) is 86.0 Å². The topological polar surface area (TPSA) is 311 Å². The van der Waals surface area contributed by atoms with Crippen LogP contribution in [0.3, 0.4) is 0 Å². The Hall–Kier alpha value is -3.44. The Morgan fingerprint density at radius 3 is 1.91 bits per heavy atom. The molecule has 0 aromatic rings. The van der Waals surface area contributed by atoms with E-state index in [-0.39, 0.29) is 44.6 Å². The molecule has 64 heavy (non-hydrogen) atoms. The molecule has 17 atom stereocenters. The molecule has 0 radical (unpaired) electrons. The molecule has 0 aromatic heterocycles. The van der Waals surface area contributed by atoms with Crippen LogP contribution in [0.25, 0.3) is 0 Å². The molecule has 13 N–H and O–H groups in total. The molecule has 1 amide bonds. The van der Waals surface area contributed by atoms with Crippen molar-refractivity contribution >= 4 is 11.9 Å². The summed E-state index contributed by atoms with van der Waals surface area (Å²) in [5, 5.41) is 110. The first kappa shape index (κ1) is 54.9. The van der Waals surface area contributed by atoms with Crippen LogP contribution in [0.4, 0.5) is 0 Å². The van der Waals surface area contributed by atoms with Crippen molar-refractivity contribution in [3.8, 4) is 0 Å². The Morgan fingerprint density at radius 1 is 0.703 bits per heavy atom. The molecule has 0 aromatic carbocycles. The van der Waals surface area contributed by atoms with E-state index < -0.39 is 135 Å². The fourth-order valence-corrected chi connectivity index (χ4v) is 7.68. The average Bonchev–Trinajstić information content (AvgIpc) is 3.21. The van der Waals surface area contributed by atoms with E-state index in [1.807, 2.05) is 37.3 Å². The first-order valence-electron chi connectivity index (χ1n) is 22.0. The van der Waals surface area contributed by atoms with Crippen molar-refractivity contribution in [3.63, 3.8) is 0 Å². The Balaban J connectivity index is 1.85. The lowest BCUT2D eigenvalue weighted by molar-refractivity contribution is -0.304. The zero-order chi connectivity index (χ0) is 47.4. The van der Waals surface area contributed by atoms with Gasteiger partial charge in [0.25, 0.3) is 0 Å². The maximum atomic E-state index is 13.1. The van der Waals surface area contributed by atoms with E-state index in [2.05, 4.69) is 5.32 Å². The number of nitrogens with one attached hydrogen (secondary N) is 1. The van der Waals surface area contributed by atoms with E-state index in [0.29, 0.717) is 0 Å². The number of allylic oxidation sites excluding steroid dienone is 12. The van der Waals surface area contributed by atoms with Crippen molar-refractivity contribution in [1.82, 2.24) is 5.32 Å². The summed E-state index contributed by atoms with van der Waals surface area (Å²) in [5.74, 6) is -5.05. The van der Waals surface area contributed by atoms with Crippen LogP contribution < -0.4 is 11.1 Å². The molecule has 18 nitrogen and oxygen atoms in total. The Kier molecular flexibility index (Phi) is 23.9. The third-order valence-electron chi connectivity index (χ3n) is 11.3. The third kappa shape index (κ3) is 19.2. The second-order valence-electron chi connectivity index (χ2n) is 17.0. The molecule has 2 fully saturated rings. The molecular formula is C46H72N2O16. The van der Waals surface area contributed by atoms with Crippen molar-refractivity contribution in [1.29, 1.82) is 0 Å². The smallest absolute Gasteiger partial charge is 0.308 e. The average molecular weight is 909 g/mol. The second-order valence-corrected chi connectivity index (χ2v) is 17.0. The maximum absolute atomic E-state index is 13.1. The lowest BCUT2D eigenvalue weighted by atomic mass is 9.82. The number of carbonyl (C=O) groups is 2. The summed E-state index contributed by atoms with van der Waals surface area (Å²) in [4.78, 5) is 25.6. The Labute approximate surface area is 375 Å². The van der Waals surface area contributed by atoms with Gasteiger partial charge in [0.15, 0.2) is 12.1 Å². The summed E-state index contributed by atoms with van der Waals surface area (Å²) in [6, 6.07) is -1.09. The molecule has 0 saturated carbocycles. The van der Waals surface area contributed by atoms with Gasteiger partial charge in [0.1, 0.15) is 12.2 Å². The monoisotopic (exact) mass is 908 g/mol. The van der Waals surface area contributed by atoms with Gasteiger partial charge < -0.3 is 81.1 Å². The summed E-state index contributed by atoms with van der Waals surface area (Å²) in [7, 11) is 1.37. The molecule has 2 bridgehead atoms.